The van der Waals surface area contributed by atoms with E-state index in [1.54, 1.807) is 0 Å². The van der Waals surface area contributed by atoms with Gasteiger partial charge in [0.2, 0.25) is 0 Å². The molecular formula is C20H9BrO2. The summed E-state index contributed by atoms with van der Waals surface area (Å²) < 4.78 is 13.5. The molecule has 108 valence electrons. The highest BCUT2D eigenvalue weighted by molar-refractivity contribution is 9.10. The van der Waals surface area contributed by atoms with E-state index in [-0.39, 0.29) is 0 Å². The Morgan fingerprint density at radius 1 is 0.609 bits per heavy atom. The molecule has 0 aliphatic carbocycles. The number of hydrogen-bond acceptors (Lipinski definition) is 2. The summed E-state index contributed by atoms with van der Waals surface area (Å²) in [5, 5.41) is 4.57. The molecule has 4 aromatic carbocycles. The van der Waals surface area contributed by atoms with Crippen molar-refractivity contribution in [1.29, 1.82) is 0 Å². The second-order valence-corrected chi connectivity index (χ2v) is 6.76. The molecule has 0 saturated carbocycles. The summed E-state index contributed by atoms with van der Waals surface area (Å²) in [6.07, 6.45) is 0. The van der Waals surface area contributed by atoms with Crippen molar-refractivity contribution in [3.8, 4) is 11.1 Å². The van der Waals surface area contributed by atoms with E-state index in [1.807, 2.05) is 24.3 Å². The van der Waals surface area contributed by atoms with E-state index in [4.69, 9.17) is 8.83 Å². The first-order valence-electron chi connectivity index (χ1n) is 7.48. The zero-order valence-corrected chi connectivity index (χ0v) is 13.5. The van der Waals surface area contributed by atoms with Crippen molar-refractivity contribution in [3.63, 3.8) is 0 Å². The normalized spacial score (nSPS) is 12.6. The van der Waals surface area contributed by atoms with E-state index in [1.165, 1.54) is 5.39 Å². The zero-order valence-electron chi connectivity index (χ0n) is 11.9. The largest absolute Gasteiger partial charge is 0.456 e. The van der Waals surface area contributed by atoms with Gasteiger partial charge in [0.05, 0.1) is 0 Å². The van der Waals surface area contributed by atoms with Gasteiger partial charge in [-0.25, -0.2) is 0 Å². The van der Waals surface area contributed by atoms with Crippen molar-refractivity contribution in [3.05, 3.63) is 59.1 Å². The monoisotopic (exact) mass is 360 g/mol. The highest BCUT2D eigenvalue weighted by atomic mass is 79.9. The van der Waals surface area contributed by atoms with Crippen molar-refractivity contribution in [2.24, 2.45) is 0 Å². The fourth-order valence-corrected chi connectivity index (χ4v) is 4.22. The molecule has 0 atom stereocenters. The molecule has 0 amide bonds. The van der Waals surface area contributed by atoms with Crippen LogP contribution in [0.4, 0.5) is 0 Å². The summed E-state index contributed by atoms with van der Waals surface area (Å²) >= 11 is 3.65. The minimum Gasteiger partial charge on any atom is -0.456 e. The predicted molar refractivity (Wildman–Crippen MR) is 96.5 cm³/mol. The Kier molecular flexibility index (Phi) is 2.01. The van der Waals surface area contributed by atoms with Crippen LogP contribution < -0.4 is 0 Å². The lowest BCUT2D eigenvalue weighted by molar-refractivity contribution is 0.646. The third-order valence-corrected chi connectivity index (χ3v) is 5.40. The standard InChI is InChI=1S/C20H9BrO2/c21-12-6-9-14-18-11(12)5-8-16-20(18)19-15(23-14)7-4-10-2-1-3-13(22-16)17(10)19/h1-9H. The second-order valence-electron chi connectivity index (χ2n) is 5.90. The van der Waals surface area contributed by atoms with Crippen LogP contribution in [0.1, 0.15) is 0 Å². The molecule has 2 heterocycles. The molecule has 2 aliphatic rings. The third kappa shape index (κ3) is 1.35. The molecular weight excluding hydrogens is 352 g/mol. The topological polar surface area (TPSA) is 26.3 Å². The van der Waals surface area contributed by atoms with Crippen LogP contribution in [-0.4, -0.2) is 0 Å². The van der Waals surface area contributed by atoms with E-state index >= 15 is 0 Å². The first-order valence-corrected chi connectivity index (χ1v) is 8.27. The average Bonchev–Trinajstić information content (AvgIpc) is 2.59. The smallest absolute Gasteiger partial charge is 0.136 e. The maximum atomic E-state index is 6.22. The third-order valence-electron chi connectivity index (χ3n) is 4.71. The summed E-state index contributed by atoms with van der Waals surface area (Å²) in [7, 11) is 0. The van der Waals surface area contributed by atoms with Gasteiger partial charge >= 0.3 is 0 Å². The molecule has 6 rings (SSSR count). The first kappa shape index (κ1) is 12.0. The highest BCUT2D eigenvalue weighted by Gasteiger charge is 2.24. The van der Waals surface area contributed by atoms with Gasteiger partial charge in [-0.3, -0.25) is 0 Å². The predicted octanol–water partition coefficient (Wildman–Crippen LogP) is 6.79. The molecule has 2 aliphatic heterocycles. The Morgan fingerprint density at radius 2 is 1.30 bits per heavy atom. The van der Waals surface area contributed by atoms with Gasteiger partial charge in [-0.2, -0.15) is 0 Å². The Hall–Kier alpha value is -2.52. The van der Waals surface area contributed by atoms with Crippen molar-refractivity contribution in [2.45, 2.75) is 0 Å². The van der Waals surface area contributed by atoms with Crippen LogP contribution in [-0.2, 0) is 0 Å². The lowest BCUT2D eigenvalue weighted by Crippen LogP contribution is -1.94. The summed E-state index contributed by atoms with van der Waals surface area (Å²) in [4.78, 5) is 0. The van der Waals surface area contributed by atoms with Gasteiger partial charge in [0, 0.05) is 31.8 Å². The van der Waals surface area contributed by atoms with Gasteiger partial charge in [-0.15, -0.1) is 0 Å². The van der Waals surface area contributed by atoms with Gasteiger partial charge in [-0.1, -0.05) is 34.1 Å². The van der Waals surface area contributed by atoms with Crippen LogP contribution in [0.15, 0.2) is 67.9 Å². The van der Waals surface area contributed by atoms with Crippen LogP contribution in [0, 0.1) is 0 Å². The van der Waals surface area contributed by atoms with Gasteiger partial charge in [-0.05, 0) is 41.8 Å². The molecule has 0 aromatic heterocycles. The molecule has 3 heteroatoms. The lowest BCUT2D eigenvalue weighted by atomic mass is 9.90. The number of halogens is 1. The summed E-state index contributed by atoms with van der Waals surface area (Å²) in [6.45, 7) is 0. The SMILES string of the molecule is Brc1ccc2oc3ccc4cccc5oc6ccc1c2c6-c3c45. The first-order chi connectivity index (χ1) is 11.3. The van der Waals surface area contributed by atoms with E-state index in [9.17, 15) is 0 Å². The summed E-state index contributed by atoms with van der Waals surface area (Å²) in [5.74, 6) is 0. The number of hydrogen-bond donors (Lipinski definition) is 0. The molecule has 4 aromatic rings. The highest BCUT2D eigenvalue weighted by Crippen LogP contribution is 2.48. The fourth-order valence-electron chi connectivity index (χ4n) is 3.76. The summed E-state index contributed by atoms with van der Waals surface area (Å²) in [6, 6.07) is 18.5. The van der Waals surface area contributed by atoms with Crippen LogP contribution in [0.2, 0.25) is 0 Å². The second kappa shape index (κ2) is 3.87. The van der Waals surface area contributed by atoms with Gasteiger partial charge < -0.3 is 8.83 Å². The minimum atomic E-state index is 0.884. The lowest BCUT2D eigenvalue weighted by Gasteiger charge is -2.19. The van der Waals surface area contributed by atoms with Crippen molar-refractivity contribution in [1.82, 2.24) is 0 Å². The molecule has 0 spiro atoms. The fraction of sp³-hybridized carbons (Fsp3) is 0. The van der Waals surface area contributed by atoms with Crippen LogP contribution >= 0.6 is 15.9 Å². The molecule has 23 heavy (non-hydrogen) atoms. The van der Waals surface area contributed by atoms with E-state index in [0.29, 0.717) is 0 Å². The molecule has 0 bridgehead atoms. The van der Waals surface area contributed by atoms with Gasteiger partial charge in [0.15, 0.2) is 0 Å². The Morgan fingerprint density at radius 3 is 2.17 bits per heavy atom. The van der Waals surface area contributed by atoms with Crippen LogP contribution in [0.25, 0.3) is 55.0 Å². The Labute approximate surface area is 139 Å². The van der Waals surface area contributed by atoms with Gasteiger partial charge in [0.25, 0.3) is 0 Å². The molecule has 0 saturated heterocycles. The van der Waals surface area contributed by atoms with Crippen LogP contribution in [0.3, 0.4) is 0 Å². The van der Waals surface area contributed by atoms with Crippen molar-refractivity contribution >= 4 is 59.8 Å². The van der Waals surface area contributed by atoms with Crippen LogP contribution in [0.5, 0.6) is 0 Å². The molecule has 0 N–H and O–H groups in total. The molecule has 0 radical (unpaired) electrons. The summed E-state index contributed by atoms with van der Waals surface area (Å²) in [5.41, 5.74) is 5.87. The van der Waals surface area contributed by atoms with Crippen molar-refractivity contribution in [2.75, 3.05) is 0 Å². The quantitative estimate of drug-likeness (QED) is 0.220. The number of rotatable bonds is 0. The minimum absolute atomic E-state index is 0.884. The van der Waals surface area contributed by atoms with Crippen molar-refractivity contribution < 1.29 is 8.83 Å². The molecule has 2 nitrogen and oxygen atoms in total. The average molecular weight is 361 g/mol. The van der Waals surface area contributed by atoms with E-state index < -0.39 is 0 Å². The molecule has 0 fully saturated rings. The number of benzene rings is 4. The van der Waals surface area contributed by atoms with Gasteiger partial charge in [0.1, 0.15) is 22.3 Å². The van der Waals surface area contributed by atoms with E-state index in [0.717, 1.165) is 54.1 Å². The maximum absolute atomic E-state index is 6.22. The Balaban J connectivity index is 2.08. The zero-order chi connectivity index (χ0) is 15.1. The molecule has 0 unspecified atom stereocenters. The maximum Gasteiger partial charge on any atom is 0.136 e. The van der Waals surface area contributed by atoms with E-state index in [2.05, 4.69) is 46.3 Å². The Bertz CT molecular complexity index is 1320.